The van der Waals surface area contributed by atoms with Crippen LogP contribution >= 0.6 is 7.29 Å². The minimum atomic E-state index is -3.19. The number of carbonyl (C=O) groups excluding carboxylic acids is 1. The Hall–Kier alpha value is -2.48. The molecular weight excluding hydrogens is 413 g/mol. The summed E-state index contributed by atoms with van der Waals surface area (Å²) in [5.41, 5.74) is 1.03. The van der Waals surface area contributed by atoms with Crippen LogP contribution in [0.15, 0.2) is 91.0 Å². The monoisotopic (exact) mass is 445 g/mol. The molecule has 1 aliphatic rings. The van der Waals surface area contributed by atoms with Gasteiger partial charge in [0.25, 0.3) is 0 Å². The molecular formula is C28H32NO2P. The lowest BCUT2D eigenvalue weighted by Crippen LogP contribution is -2.39. The first-order valence-corrected chi connectivity index (χ1v) is 13.4. The Labute approximate surface area is 191 Å². The number of nitrogens with one attached hydrogen (secondary N) is 1. The van der Waals surface area contributed by atoms with E-state index in [0.29, 0.717) is 12.2 Å². The van der Waals surface area contributed by atoms with Gasteiger partial charge in [-0.05, 0) is 48.6 Å². The molecule has 1 N–H and O–H groups in total. The lowest BCUT2D eigenvalue weighted by molar-refractivity contribution is -0.125. The highest BCUT2D eigenvalue weighted by atomic mass is 31.2. The summed E-state index contributed by atoms with van der Waals surface area (Å²) in [7, 11) is -3.19. The molecule has 0 spiro atoms. The van der Waals surface area contributed by atoms with Gasteiger partial charge in [-0.2, -0.15) is 0 Å². The maximum absolute atomic E-state index is 14.8. The minimum Gasteiger partial charge on any atom is -0.299 e. The molecule has 3 aromatic rings. The highest BCUT2D eigenvalue weighted by Gasteiger charge is 2.40. The van der Waals surface area contributed by atoms with Gasteiger partial charge < -0.3 is 0 Å². The highest BCUT2D eigenvalue weighted by molar-refractivity contribution is 7.76. The Balaban J connectivity index is 1.85. The summed E-state index contributed by atoms with van der Waals surface area (Å²) < 4.78 is 14.8. The number of rotatable bonds is 7. The largest absolute Gasteiger partial charge is 0.299 e. The standard InChI is InChI=1S/C28H32NO2P/c1-2-22-14-12-13-21-26(30)27(22)28(23-15-6-3-7-16-23)29-32(31,24-17-8-4-9-18-24)25-19-10-5-11-20-25/h3-11,15-20,22,27-28H,2,12-14,21H2,1H3,(H,29,31)/t22-,27+,28+/m1/s1. The van der Waals surface area contributed by atoms with Gasteiger partial charge in [0, 0.05) is 29.0 Å². The lowest BCUT2D eigenvalue weighted by atomic mass is 9.78. The Morgan fingerprint density at radius 3 is 1.91 bits per heavy atom. The van der Waals surface area contributed by atoms with E-state index in [1.165, 1.54) is 0 Å². The molecule has 0 amide bonds. The zero-order chi connectivity index (χ0) is 22.4. The van der Waals surface area contributed by atoms with Gasteiger partial charge in [-0.15, -0.1) is 0 Å². The lowest BCUT2D eigenvalue weighted by Gasteiger charge is -2.35. The van der Waals surface area contributed by atoms with Gasteiger partial charge >= 0.3 is 0 Å². The first kappa shape index (κ1) is 22.7. The van der Waals surface area contributed by atoms with Crippen molar-refractivity contribution in [3.8, 4) is 0 Å². The SMILES string of the molecule is CC[C@@H]1CCCCC(=O)[C@H]1[C@@H](NP(=O)(c1ccccc1)c1ccccc1)c1ccccc1. The predicted octanol–water partition coefficient (Wildman–Crippen LogP) is 6.03. The first-order chi connectivity index (χ1) is 15.6. The van der Waals surface area contributed by atoms with Crippen LogP contribution in [0.3, 0.4) is 0 Å². The van der Waals surface area contributed by atoms with Gasteiger partial charge in [-0.1, -0.05) is 86.5 Å². The van der Waals surface area contributed by atoms with E-state index < -0.39 is 7.29 Å². The van der Waals surface area contributed by atoms with Crippen molar-refractivity contribution in [1.29, 1.82) is 0 Å². The number of ketones is 1. The fourth-order valence-corrected chi connectivity index (χ4v) is 7.51. The number of hydrogen-bond acceptors (Lipinski definition) is 2. The quantitative estimate of drug-likeness (QED) is 0.357. The van der Waals surface area contributed by atoms with Crippen molar-refractivity contribution >= 4 is 23.7 Å². The van der Waals surface area contributed by atoms with Crippen molar-refractivity contribution in [1.82, 2.24) is 5.09 Å². The molecule has 0 saturated heterocycles. The van der Waals surface area contributed by atoms with Gasteiger partial charge in [-0.3, -0.25) is 14.4 Å². The summed E-state index contributed by atoms with van der Waals surface area (Å²) in [6.07, 6.45) is 4.62. The van der Waals surface area contributed by atoms with E-state index >= 15 is 0 Å². The van der Waals surface area contributed by atoms with E-state index in [-0.39, 0.29) is 17.9 Å². The molecule has 3 aromatic carbocycles. The molecule has 1 aliphatic carbocycles. The zero-order valence-electron chi connectivity index (χ0n) is 18.7. The second kappa shape index (κ2) is 10.4. The molecule has 1 saturated carbocycles. The molecule has 0 aliphatic heterocycles. The van der Waals surface area contributed by atoms with Crippen molar-refractivity contribution in [2.75, 3.05) is 0 Å². The zero-order valence-corrected chi connectivity index (χ0v) is 19.6. The molecule has 4 rings (SSSR count). The van der Waals surface area contributed by atoms with Crippen LogP contribution in [0.2, 0.25) is 0 Å². The van der Waals surface area contributed by atoms with Crippen LogP contribution < -0.4 is 15.7 Å². The Morgan fingerprint density at radius 1 is 0.844 bits per heavy atom. The van der Waals surface area contributed by atoms with Crippen molar-refractivity contribution in [3.05, 3.63) is 96.6 Å². The van der Waals surface area contributed by atoms with Crippen LogP contribution in [-0.2, 0) is 9.36 Å². The van der Waals surface area contributed by atoms with E-state index in [4.69, 9.17) is 0 Å². The summed E-state index contributed by atoms with van der Waals surface area (Å²) >= 11 is 0. The molecule has 0 radical (unpaired) electrons. The van der Waals surface area contributed by atoms with Gasteiger partial charge in [0.2, 0.25) is 7.29 Å². The molecule has 0 bridgehead atoms. The van der Waals surface area contributed by atoms with Crippen LogP contribution in [-0.4, -0.2) is 5.78 Å². The van der Waals surface area contributed by atoms with Crippen LogP contribution in [0.5, 0.6) is 0 Å². The molecule has 1 fully saturated rings. The molecule has 3 nitrogen and oxygen atoms in total. The number of benzene rings is 3. The summed E-state index contributed by atoms with van der Waals surface area (Å²) in [6.45, 7) is 2.17. The third-order valence-electron chi connectivity index (χ3n) is 6.73. The van der Waals surface area contributed by atoms with E-state index in [9.17, 15) is 9.36 Å². The first-order valence-electron chi connectivity index (χ1n) is 11.7. The van der Waals surface area contributed by atoms with Gasteiger partial charge in [0.15, 0.2) is 0 Å². The molecule has 166 valence electrons. The summed E-state index contributed by atoms with van der Waals surface area (Å²) in [6, 6.07) is 29.1. The van der Waals surface area contributed by atoms with E-state index in [1.54, 1.807) is 0 Å². The topological polar surface area (TPSA) is 46.2 Å². The maximum Gasteiger partial charge on any atom is 0.205 e. The third kappa shape index (κ3) is 4.80. The van der Waals surface area contributed by atoms with Crippen LogP contribution in [0.4, 0.5) is 0 Å². The molecule has 32 heavy (non-hydrogen) atoms. The van der Waals surface area contributed by atoms with Crippen LogP contribution in [0.1, 0.15) is 50.6 Å². The fourth-order valence-electron chi connectivity index (χ4n) is 5.02. The second-order valence-electron chi connectivity index (χ2n) is 8.70. The van der Waals surface area contributed by atoms with Crippen molar-refractivity contribution in [2.24, 2.45) is 11.8 Å². The van der Waals surface area contributed by atoms with Crippen molar-refractivity contribution in [3.63, 3.8) is 0 Å². The second-order valence-corrected chi connectivity index (χ2v) is 11.2. The third-order valence-corrected chi connectivity index (χ3v) is 9.42. The van der Waals surface area contributed by atoms with Gasteiger partial charge in [0.05, 0.1) is 0 Å². The normalized spacial score (nSPS) is 20.5. The predicted molar refractivity (Wildman–Crippen MR) is 133 cm³/mol. The molecule has 3 atom stereocenters. The van der Waals surface area contributed by atoms with E-state index in [2.05, 4.69) is 24.1 Å². The number of Topliss-reactive ketones (excluding diaryl/α,β-unsaturated/α-hetero) is 1. The molecule has 0 heterocycles. The maximum atomic E-state index is 14.8. The highest BCUT2D eigenvalue weighted by Crippen LogP contribution is 2.46. The minimum absolute atomic E-state index is 0.189. The van der Waals surface area contributed by atoms with Gasteiger partial charge in [0.1, 0.15) is 5.78 Å². The van der Waals surface area contributed by atoms with Gasteiger partial charge in [-0.25, -0.2) is 0 Å². The average Bonchev–Trinajstić information content (AvgIpc) is 3.05. The molecule has 4 heteroatoms. The average molecular weight is 446 g/mol. The smallest absolute Gasteiger partial charge is 0.205 e. The summed E-state index contributed by atoms with van der Waals surface area (Å²) in [4.78, 5) is 13.4. The summed E-state index contributed by atoms with van der Waals surface area (Å²) in [5.74, 6) is 0.386. The Bertz CT molecular complexity index is 1010. The molecule has 0 unspecified atom stereocenters. The summed E-state index contributed by atoms with van der Waals surface area (Å²) in [5, 5.41) is 5.14. The molecule has 0 aromatic heterocycles. The van der Waals surface area contributed by atoms with E-state index in [1.807, 2.05) is 78.9 Å². The van der Waals surface area contributed by atoms with Crippen LogP contribution in [0.25, 0.3) is 0 Å². The number of carbonyl (C=O) groups is 1. The van der Waals surface area contributed by atoms with Crippen molar-refractivity contribution in [2.45, 2.75) is 45.1 Å². The Morgan fingerprint density at radius 2 is 1.38 bits per heavy atom. The van der Waals surface area contributed by atoms with E-state index in [0.717, 1.165) is 41.9 Å². The van der Waals surface area contributed by atoms with Crippen molar-refractivity contribution < 1.29 is 9.36 Å². The number of hydrogen-bond donors (Lipinski definition) is 1. The Kier molecular flexibility index (Phi) is 7.40. The van der Waals surface area contributed by atoms with Crippen LogP contribution in [0, 0.1) is 11.8 Å². The fraction of sp³-hybridized carbons (Fsp3) is 0.321.